The number of allylic oxidation sites excluding steroid dienone is 1. The maximum atomic E-state index is 13.3. The fourth-order valence-corrected chi connectivity index (χ4v) is 4.90. The number of hydrogen-bond acceptors (Lipinski definition) is 4. The number of ether oxygens (including phenoxy) is 2. The molecule has 0 spiro atoms. The number of methoxy groups -OCH3 is 1. The molecule has 0 bridgehead atoms. The van der Waals surface area contributed by atoms with E-state index >= 15 is 0 Å². The predicted octanol–water partition coefficient (Wildman–Crippen LogP) is 7.58. The van der Waals surface area contributed by atoms with Gasteiger partial charge in [0, 0.05) is 22.4 Å². The minimum absolute atomic E-state index is 0.0321. The lowest BCUT2D eigenvalue weighted by atomic mass is 9.82. The Bertz CT molecular complexity index is 1420. The van der Waals surface area contributed by atoms with E-state index in [9.17, 15) is 18.3 Å². The van der Waals surface area contributed by atoms with Gasteiger partial charge in [0.05, 0.1) is 23.8 Å². The van der Waals surface area contributed by atoms with E-state index in [2.05, 4.69) is 25.2 Å². The quantitative estimate of drug-likeness (QED) is 0.398. The summed E-state index contributed by atoms with van der Waals surface area (Å²) in [5.74, 6) is 1.09. The van der Waals surface area contributed by atoms with Crippen LogP contribution in [0.3, 0.4) is 0 Å². The molecule has 180 valence electrons. The van der Waals surface area contributed by atoms with Gasteiger partial charge in [0.1, 0.15) is 11.5 Å². The maximum Gasteiger partial charge on any atom is 0.416 e. The number of anilines is 1. The number of halogens is 3. The van der Waals surface area contributed by atoms with E-state index in [-0.39, 0.29) is 17.0 Å². The van der Waals surface area contributed by atoms with Gasteiger partial charge in [-0.05, 0) is 68.3 Å². The van der Waals surface area contributed by atoms with Gasteiger partial charge in [-0.1, -0.05) is 24.3 Å². The third-order valence-electron chi connectivity index (χ3n) is 6.18. The second kappa shape index (κ2) is 7.83. The molecule has 7 heteroatoms. The predicted molar refractivity (Wildman–Crippen MR) is 131 cm³/mol. The van der Waals surface area contributed by atoms with E-state index in [0.717, 1.165) is 34.5 Å². The summed E-state index contributed by atoms with van der Waals surface area (Å²) in [6.07, 6.45) is -0.734. The van der Waals surface area contributed by atoms with E-state index in [1.807, 2.05) is 19.1 Å². The normalized spacial score (nSPS) is 16.9. The molecule has 0 amide bonds. The number of phenolic OH excluding ortho intramolecular Hbond substituents is 1. The lowest BCUT2D eigenvalue weighted by molar-refractivity contribution is -0.137. The third kappa shape index (κ3) is 3.91. The highest BCUT2D eigenvalue weighted by molar-refractivity contribution is 6.02. The molecule has 35 heavy (non-hydrogen) atoms. The standard InChI is InChI=1S/C28H24F3NO3/c1-15-14-27(2,3)32-19-9-8-18-24(23(15)19)22(13-16-6-5-7-17(12-16)28(29,30)31)35-21-11-10-20(33)26(34-4)25(18)21/h5-14,32-33H,1-4H3/b22-13-. The molecule has 3 aromatic rings. The lowest BCUT2D eigenvalue weighted by Gasteiger charge is -2.35. The Morgan fingerprint density at radius 2 is 1.80 bits per heavy atom. The fourth-order valence-electron chi connectivity index (χ4n) is 4.90. The summed E-state index contributed by atoms with van der Waals surface area (Å²) in [6.45, 7) is 6.12. The zero-order valence-electron chi connectivity index (χ0n) is 19.7. The smallest absolute Gasteiger partial charge is 0.416 e. The van der Waals surface area contributed by atoms with Crippen molar-refractivity contribution in [2.24, 2.45) is 0 Å². The highest BCUT2D eigenvalue weighted by atomic mass is 19.4. The van der Waals surface area contributed by atoms with Gasteiger partial charge in [0.15, 0.2) is 11.5 Å². The summed E-state index contributed by atoms with van der Waals surface area (Å²) in [7, 11) is 1.47. The van der Waals surface area contributed by atoms with Crippen LogP contribution < -0.4 is 14.8 Å². The summed E-state index contributed by atoms with van der Waals surface area (Å²) < 4.78 is 51.8. The Hall–Kier alpha value is -3.87. The van der Waals surface area contributed by atoms with Gasteiger partial charge < -0.3 is 19.9 Å². The van der Waals surface area contributed by atoms with Crippen LogP contribution in [0.2, 0.25) is 0 Å². The van der Waals surface area contributed by atoms with Crippen molar-refractivity contribution in [1.82, 2.24) is 0 Å². The zero-order valence-corrected chi connectivity index (χ0v) is 19.7. The van der Waals surface area contributed by atoms with Gasteiger partial charge in [-0.3, -0.25) is 0 Å². The van der Waals surface area contributed by atoms with Crippen molar-refractivity contribution in [3.05, 3.63) is 76.9 Å². The van der Waals surface area contributed by atoms with Crippen molar-refractivity contribution in [2.75, 3.05) is 12.4 Å². The number of fused-ring (bicyclic) bond motifs is 5. The number of phenols is 1. The highest BCUT2D eigenvalue weighted by Crippen LogP contribution is 2.54. The first kappa shape index (κ1) is 22.9. The van der Waals surface area contributed by atoms with Crippen molar-refractivity contribution >= 4 is 23.1 Å². The average molecular weight is 479 g/mol. The molecule has 2 aliphatic rings. The van der Waals surface area contributed by atoms with Crippen LogP contribution in [0.4, 0.5) is 18.9 Å². The first-order valence-corrected chi connectivity index (χ1v) is 11.1. The number of alkyl halides is 3. The van der Waals surface area contributed by atoms with Gasteiger partial charge in [0.25, 0.3) is 0 Å². The molecule has 2 heterocycles. The third-order valence-corrected chi connectivity index (χ3v) is 6.18. The molecule has 0 saturated heterocycles. The summed E-state index contributed by atoms with van der Waals surface area (Å²) in [4.78, 5) is 0. The number of benzene rings is 3. The van der Waals surface area contributed by atoms with E-state index in [1.54, 1.807) is 18.2 Å². The molecule has 3 aromatic carbocycles. The fraction of sp³-hybridized carbons (Fsp3) is 0.214. The minimum Gasteiger partial charge on any atom is -0.504 e. The van der Waals surface area contributed by atoms with Crippen LogP contribution in [0.25, 0.3) is 28.5 Å². The first-order valence-electron chi connectivity index (χ1n) is 11.1. The summed E-state index contributed by atoms with van der Waals surface area (Å²) >= 11 is 0. The van der Waals surface area contributed by atoms with Crippen LogP contribution in [-0.4, -0.2) is 17.8 Å². The summed E-state index contributed by atoms with van der Waals surface area (Å²) in [6, 6.07) is 12.1. The van der Waals surface area contributed by atoms with Gasteiger partial charge in [0.2, 0.25) is 0 Å². The zero-order chi connectivity index (χ0) is 25.1. The molecule has 0 atom stereocenters. The maximum absolute atomic E-state index is 13.3. The summed E-state index contributed by atoms with van der Waals surface area (Å²) in [5, 5.41) is 13.9. The largest absolute Gasteiger partial charge is 0.504 e. The van der Waals surface area contributed by atoms with Crippen LogP contribution >= 0.6 is 0 Å². The Balaban J connectivity index is 1.80. The second-order valence-electron chi connectivity index (χ2n) is 9.31. The van der Waals surface area contributed by atoms with E-state index < -0.39 is 11.7 Å². The molecule has 0 radical (unpaired) electrons. The number of nitrogens with one attached hydrogen (secondary N) is 1. The molecule has 0 unspecified atom stereocenters. The Labute approximate surface area is 201 Å². The van der Waals surface area contributed by atoms with Crippen molar-refractivity contribution in [2.45, 2.75) is 32.5 Å². The minimum atomic E-state index is -4.45. The molecule has 0 saturated carbocycles. The van der Waals surface area contributed by atoms with E-state index in [0.29, 0.717) is 28.2 Å². The van der Waals surface area contributed by atoms with Crippen LogP contribution in [-0.2, 0) is 6.18 Å². The van der Waals surface area contributed by atoms with E-state index in [4.69, 9.17) is 9.47 Å². The SMILES string of the molecule is COc1c(O)ccc2c1-c1ccc3c(c1/C(=C/c1cccc(C(F)(F)F)c1)O2)C(C)=CC(C)(C)N3. The lowest BCUT2D eigenvalue weighted by Crippen LogP contribution is -2.32. The molecular formula is C28H24F3NO3. The number of hydrogen-bond donors (Lipinski definition) is 2. The summed E-state index contributed by atoms with van der Waals surface area (Å²) in [5.41, 5.74) is 4.18. The topological polar surface area (TPSA) is 50.7 Å². The molecule has 0 aliphatic carbocycles. The highest BCUT2D eigenvalue weighted by Gasteiger charge is 2.34. The van der Waals surface area contributed by atoms with Crippen LogP contribution in [0, 0.1) is 0 Å². The number of aromatic hydroxyl groups is 1. The molecule has 5 rings (SSSR count). The average Bonchev–Trinajstić information content (AvgIpc) is 2.77. The van der Waals surface area contributed by atoms with Gasteiger partial charge >= 0.3 is 6.18 Å². The van der Waals surface area contributed by atoms with Gasteiger partial charge in [-0.2, -0.15) is 13.2 Å². The number of rotatable bonds is 2. The Morgan fingerprint density at radius 1 is 1.03 bits per heavy atom. The van der Waals surface area contributed by atoms with Crippen molar-refractivity contribution < 1.29 is 27.8 Å². The Morgan fingerprint density at radius 3 is 2.51 bits per heavy atom. The van der Waals surface area contributed by atoms with Crippen molar-refractivity contribution in [3.63, 3.8) is 0 Å². The first-order chi connectivity index (χ1) is 16.5. The van der Waals surface area contributed by atoms with Crippen LogP contribution in [0.15, 0.2) is 54.6 Å². The van der Waals surface area contributed by atoms with Gasteiger partial charge in [-0.15, -0.1) is 0 Å². The molecule has 0 fully saturated rings. The van der Waals surface area contributed by atoms with E-state index in [1.165, 1.54) is 19.2 Å². The van der Waals surface area contributed by atoms with Gasteiger partial charge in [-0.25, -0.2) is 0 Å². The van der Waals surface area contributed by atoms with Crippen LogP contribution in [0.5, 0.6) is 17.2 Å². The Kier molecular flexibility index (Phi) is 5.13. The molecule has 0 aromatic heterocycles. The van der Waals surface area contributed by atoms with Crippen molar-refractivity contribution in [3.8, 4) is 28.4 Å². The van der Waals surface area contributed by atoms with Crippen LogP contribution in [0.1, 0.15) is 43.0 Å². The van der Waals surface area contributed by atoms with Crippen molar-refractivity contribution in [1.29, 1.82) is 0 Å². The monoisotopic (exact) mass is 479 g/mol. The molecule has 2 aliphatic heterocycles. The molecule has 4 nitrogen and oxygen atoms in total. The molecular weight excluding hydrogens is 455 g/mol. The second-order valence-corrected chi connectivity index (χ2v) is 9.31. The molecule has 2 N–H and O–H groups in total.